The van der Waals surface area contributed by atoms with Crippen LogP contribution in [0.5, 0.6) is 0 Å². The smallest absolute Gasteiger partial charge is 0.438 e. The summed E-state index contributed by atoms with van der Waals surface area (Å²) in [5.74, 6) is -2.15. The van der Waals surface area contributed by atoms with Crippen LogP contribution in [0.15, 0.2) is 22.3 Å². The van der Waals surface area contributed by atoms with Crippen molar-refractivity contribution in [2.75, 3.05) is 27.4 Å². The highest BCUT2D eigenvalue weighted by Gasteiger charge is 2.77. The monoisotopic (exact) mass is 961 g/mol. The van der Waals surface area contributed by atoms with Crippen molar-refractivity contribution >= 4 is 32.9 Å². The van der Waals surface area contributed by atoms with Gasteiger partial charge >= 0.3 is 12.3 Å². The molecule has 0 spiro atoms. The summed E-state index contributed by atoms with van der Waals surface area (Å²) in [6, 6.07) is 0. The summed E-state index contributed by atoms with van der Waals surface area (Å²) in [6.45, 7) is 30.9. The van der Waals surface area contributed by atoms with Crippen LogP contribution in [0.25, 0.3) is 0 Å². The molecular weight excluding hydrogens is 881 g/mol. The maximum atomic E-state index is 14.7. The molecule has 4 saturated carbocycles. The molecular formula is C51H80O15Si. The van der Waals surface area contributed by atoms with Gasteiger partial charge in [-0.05, 0) is 81.5 Å². The zero-order valence-electron chi connectivity index (χ0n) is 43.0. The minimum atomic E-state index is -1.64. The standard InChI is InChI=1S/C28H46O6Si.C23H34O9/c1-15-13-28(34-35(10)11)19(5)22-26(8,23(29)18(4)21(17(15)3)25(28,6)7)16(2)12-20-27(22,14-32-20)33-24(30)31-9;1-10-12(24)8-23(29)11(2)17-21(5,18(27)16(26)15(10)20(23,3)4)13(25)7-14-22(17,9-31-14)32-19(28)30-6/h15-16,18-20,22,35H,12-14H2,1-11H3;11-14,16-17,24-26,29H,7-9H2,1-6H3. The number of hydrogen-bond donors (Lipinski definition) is 4. The van der Waals surface area contributed by atoms with Crippen LogP contribution >= 0.6 is 0 Å². The molecule has 0 radical (unpaired) electrons. The normalized spacial score (nSPS) is 48.1. The number of aliphatic hydroxyl groups is 4. The molecule has 6 fully saturated rings. The van der Waals surface area contributed by atoms with E-state index in [4.69, 9.17) is 32.8 Å². The Bertz CT molecular complexity index is 2120. The Morgan fingerprint density at radius 1 is 0.687 bits per heavy atom. The molecule has 18 atom stereocenters. The number of allylic oxidation sites excluding steroid dienone is 1. The predicted octanol–water partition coefficient (Wildman–Crippen LogP) is 6.26. The molecule has 0 aromatic carbocycles. The van der Waals surface area contributed by atoms with Gasteiger partial charge in [0.1, 0.15) is 24.1 Å². The molecule has 8 aliphatic rings. The molecule has 4 bridgehead atoms. The fraction of sp³-hybridized carbons (Fsp3) is 0.843. The van der Waals surface area contributed by atoms with Crippen molar-refractivity contribution in [3.05, 3.63) is 22.3 Å². The minimum absolute atomic E-state index is 0.0254. The summed E-state index contributed by atoms with van der Waals surface area (Å²) in [5.41, 5.74) is -4.65. The number of ketones is 2. The molecule has 18 unspecified atom stereocenters. The SMILES string of the molecule is COC(=O)OC12COC1CC(C)C1(C)C(=O)C(C)C3=C(C)C(C)CC(O[SiH](C)C)(C(C)C21)C3(C)C.COC(=O)OC12COC1CC(O)C1(C)C(=O)C(O)C3=C(C)C(O)CC(O)(C(C)C21)C3(C)C. The van der Waals surface area contributed by atoms with Gasteiger partial charge in [-0.2, -0.15) is 0 Å². The Kier molecular flexibility index (Phi) is 13.0. The van der Waals surface area contributed by atoms with Gasteiger partial charge < -0.3 is 53.3 Å². The maximum absolute atomic E-state index is 14.7. The molecule has 0 aromatic rings. The lowest BCUT2D eigenvalue weighted by Crippen LogP contribution is -2.79. The summed E-state index contributed by atoms with van der Waals surface area (Å²) in [4.78, 5) is 53.4. The second-order valence-electron chi connectivity index (χ2n) is 23.7. The lowest BCUT2D eigenvalue weighted by molar-refractivity contribution is -0.336. The molecule has 16 heteroatoms. The first-order valence-electron chi connectivity index (χ1n) is 24.5. The second kappa shape index (κ2) is 16.7. The van der Waals surface area contributed by atoms with E-state index in [1.54, 1.807) is 34.6 Å². The molecule has 2 aliphatic heterocycles. The van der Waals surface area contributed by atoms with Crippen molar-refractivity contribution in [1.82, 2.24) is 0 Å². The quantitative estimate of drug-likeness (QED) is 0.139. The topological polar surface area (TPSA) is 214 Å². The third-order valence-electron chi connectivity index (χ3n) is 20.1. The summed E-state index contributed by atoms with van der Waals surface area (Å²) in [7, 11) is 1.02. The van der Waals surface area contributed by atoms with Gasteiger partial charge in [-0.1, -0.05) is 80.4 Å². The molecule has 2 saturated heterocycles. The molecule has 4 N–H and O–H groups in total. The van der Waals surface area contributed by atoms with Crippen molar-refractivity contribution in [2.45, 2.75) is 182 Å². The molecule has 8 rings (SSSR count). The van der Waals surface area contributed by atoms with Gasteiger partial charge in [0.25, 0.3) is 0 Å². The number of hydrogen-bond acceptors (Lipinski definition) is 15. The lowest BCUT2D eigenvalue weighted by Gasteiger charge is -2.69. The van der Waals surface area contributed by atoms with Crippen LogP contribution < -0.4 is 0 Å². The third kappa shape index (κ3) is 6.71. The van der Waals surface area contributed by atoms with Gasteiger partial charge in [-0.3, -0.25) is 9.59 Å². The third-order valence-corrected chi connectivity index (χ3v) is 21.0. The van der Waals surface area contributed by atoms with E-state index in [0.717, 1.165) is 6.42 Å². The average molecular weight is 961 g/mol. The number of Topliss-reactive ketones (excluding diaryl/α,β-unsaturated/α-hetero) is 2. The van der Waals surface area contributed by atoms with Crippen LogP contribution in [-0.4, -0.2) is 134 Å². The van der Waals surface area contributed by atoms with Gasteiger partial charge in [0.2, 0.25) is 0 Å². The number of methoxy groups -OCH3 is 2. The zero-order valence-corrected chi connectivity index (χ0v) is 44.2. The van der Waals surface area contributed by atoms with Crippen molar-refractivity contribution in [2.24, 2.45) is 63.1 Å². The van der Waals surface area contributed by atoms with E-state index < -0.39 is 102 Å². The fourth-order valence-electron chi connectivity index (χ4n) is 16.4. The van der Waals surface area contributed by atoms with Crippen LogP contribution in [0.2, 0.25) is 13.1 Å². The van der Waals surface area contributed by atoms with E-state index in [1.165, 1.54) is 25.4 Å². The van der Waals surface area contributed by atoms with Crippen molar-refractivity contribution in [3.63, 3.8) is 0 Å². The van der Waals surface area contributed by atoms with Gasteiger partial charge in [-0.15, -0.1) is 0 Å². The Hall–Kier alpha value is -2.70. The summed E-state index contributed by atoms with van der Waals surface area (Å²) in [5, 5.41) is 45.4. The zero-order chi connectivity index (χ0) is 50.3. The van der Waals surface area contributed by atoms with Crippen LogP contribution in [0.4, 0.5) is 9.59 Å². The Morgan fingerprint density at radius 3 is 1.67 bits per heavy atom. The summed E-state index contributed by atoms with van der Waals surface area (Å²) < 4.78 is 40.5. The molecule has 6 aliphatic carbocycles. The van der Waals surface area contributed by atoms with Gasteiger partial charge in [0, 0.05) is 46.8 Å². The number of rotatable bonds is 4. The fourth-order valence-corrected chi connectivity index (χ4v) is 17.8. The van der Waals surface area contributed by atoms with Crippen LogP contribution in [0.3, 0.4) is 0 Å². The van der Waals surface area contributed by atoms with E-state index in [0.29, 0.717) is 24.5 Å². The van der Waals surface area contributed by atoms with Gasteiger partial charge in [0.05, 0.1) is 56.3 Å². The minimum Gasteiger partial charge on any atom is -0.438 e. The molecule has 0 aromatic heterocycles. The Labute approximate surface area is 398 Å². The van der Waals surface area contributed by atoms with E-state index in [-0.39, 0.29) is 66.0 Å². The van der Waals surface area contributed by atoms with Crippen LogP contribution in [-0.2, 0) is 42.4 Å². The maximum Gasteiger partial charge on any atom is 0.508 e. The van der Waals surface area contributed by atoms with Crippen molar-refractivity contribution in [3.8, 4) is 0 Å². The summed E-state index contributed by atoms with van der Waals surface area (Å²) >= 11 is 0. The number of carbonyl (C=O) groups is 4. The van der Waals surface area contributed by atoms with Gasteiger partial charge in [0.15, 0.2) is 26.0 Å². The highest BCUT2D eigenvalue weighted by atomic mass is 28.3. The number of ether oxygens (including phenoxy) is 6. The van der Waals surface area contributed by atoms with E-state index >= 15 is 0 Å². The molecule has 2 heterocycles. The first-order valence-corrected chi connectivity index (χ1v) is 27.3. The number of aliphatic hydroxyl groups excluding tert-OH is 3. The van der Waals surface area contributed by atoms with Crippen molar-refractivity contribution in [1.29, 1.82) is 0 Å². The summed E-state index contributed by atoms with van der Waals surface area (Å²) in [6.07, 6.45) is -4.93. The van der Waals surface area contributed by atoms with E-state index in [1.807, 2.05) is 0 Å². The first-order chi connectivity index (χ1) is 30.8. The highest BCUT2D eigenvalue weighted by Crippen LogP contribution is 2.69. The Balaban J connectivity index is 0.000000200. The largest absolute Gasteiger partial charge is 0.508 e. The Morgan fingerprint density at radius 2 is 1.19 bits per heavy atom. The molecule has 0 amide bonds. The van der Waals surface area contributed by atoms with Gasteiger partial charge in [-0.25, -0.2) is 9.59 Å². The van der Waals surface area contributed by atoms with E-state index in [9.17, 15) is 39.6 Å². The molecule has 67 heavy (non-hydrogen) atoms. The van der Waals surface area contributed by atoms with E-state index in [2.05, 4.69) is 68.5 Å². The number of fused-ring (bicyclic) bond motifs is 10. The van der Waals surface area contributed by atoms with Crippen LogP contribution in [0, 0.1) is 63.1 Å². The highest BCUT2D eigenvalue weighted by molar-refractivity contribution is 6.48. The molecule has 378 valence electrons. The predicted molar refractivity (Wildman–Crippen MR) is 248 cm³/mol. The van der Waals surface area contributed by atoms with Crippen molar-refractivity contribution < 1.29 is 72.5 Å². The average Bonchev–Trinajstić information content (AvgIpc) is 3.24. The molecule has 15 nitrogen and oxygen atoms in total. The number of carbonyl (C=O) groups excluding carboxylic acids is 4. The first kappa shape index (κ1) is 52.1. The lowest BCUT2D eigenvalue weighted by atomic mass is 9.40. The second-order valence-corrected chi connectivity index (χ2v) is 26.0. The van der Waals surface area contributed by atoms with Crippen LogP contribution in [0.1, 0.15) is 116 Å².